The van der Waals surface area contributed by atoms with Gasteiger partial charge < -0.3 is 4.90 Å². The first-order valence-electron chi connectivity index (χ1n) is 4.14. The summed E-state index contributed by atoms with van der Waals surface area (Å²) < 4.78 is 1.13. The van der Waals surface area contributed by atoms with Gasteiger partial charge in [-0.05, 0) is 34.6 Å². The van der Waals surface area contributed by atoms with Crippen LogP contribution in [0.15, 0.2) is 21.0 Å². The van der Waals surface area contributed by atoms with Gasteiger partial charge in [0.15, 0.2) is 0 Å². The van der Waals surface area contributed by atoms with Crippen molar-refractivity contribution in [2.45, 2.75) is 6.54 Å². The maximum absolute atomic E-state index is 8.11. The lowest BCUT2D eigenvalue weighted by Crippen LogP contribution is -2.20. The number of hydrogen-bond donors (Lipinski definition) is 0. The summed E-state index contributed by atoms with van der Waals surface area (Å²) in [7, 11) is 2.01. The Morgan fingerprint density at radius 1 is 1.71 bits per heavy atom. The van der Waals surface area contributed by atoms with Crippen molar-refractivity contribution in [1.82, 2.24) is 4.90 Å². The van der Waals surface area contributed by atoms with Crippen LogP contribution >= 0.6 is 27.3 Å². The molecule has 6 heteroatoms. The summed E-state index contributed by atoms with van der Waals surface area (Å²) in [4.78, 5) is 6.15. The van der Waals surface area contributed by atoms with Crippen molar-refractivity contribution >= 4 is 27.3 Å². The zero-order valence-corrected chi connectivity index (χ0v) is 10.3. The molecule has 0 amide bonds. The predicted molar refractivity (Wildman–Crippen MR) is 62.4 cm³/mol. The van der Waals surface area contributed by atoms with Crippen LogP contribution in [0.5, 0.6) is 0 Å². The molecule has 0 saturated carbocycles. The largest absolute Gasteiger partial charge is 0.301 e. The standard InChI is InChI=1S/C8H11BrN4S/c1-13(3-2-11-12-10)5-8-4-7(9)6-14-8/h4,6H,2-3,5H2,1H3. The number of likely N-dealkylation sites (N-methyl/N-ethyl adjacent to an activating group) is 1. The van der Waals surface area contributed by atoms with Gasteiger partial charge in [0.2, 0.25) is 0 Å². The van der Waals surface area contributed by atoms with E-state index in [4.69, 9.17) is 5.53 Å². The van der Waals surface area contributed by atoms with E-state index in [1.807, 2.05) is 7.05 Å². The van der Waals surface area contributed by atoms with Gasteiger partial charge in [-0.1, -0.05) is 5.11 Å². The molecule has 0 N–H and O–H groups in total. The molecule has 0 saturated heterocycles. The van der Waals surface area contributed by atoms with E-state index in [0.29, 0.717) is 6.54 Å². The van der Waals surface area contributed by atoms with Crippen LogP contribution in [-0.4, -0.2) is 25.0 Å². The number of halogens is 1. The summed E-state index contributed by atoms with van der Waals surface area (Å²) in [6.07, 6.45) is 0. The Labute approximate surface area is 95.3 Å². The van der Waals surface area contributed by atoms with Gasteiger partial charge in [-0.2, -0.15) is 0 Å². The molecule has 1 rings (SSSR count). The Morgan fingerprint density at radius 3 is 3.07 bits per heavy atom. The van der Waals surface area contributed by atoms with Gasteiger partial charge in [0.25, 0.3) is 0 Å². The fraction of sp³-hybridized carbons (Fsp3) is 0.500. The monoisotopic (exact) mass is 274 g/mol. The number of nitrogens with zero attached hydrogens (tertiary/aromatic N) is 4. The number of rotatable bonds is 5. The SMILES string of the molecule is CN(CCN=[N+]=[N-])Cc1cc(Br)cs1. The van der Waals surface area contributed by atoms with E-state index in [-0.39, 0.29) is 0 Å². The van der Waals surface area contributed by atoms with E-state index in [2.05, 4.69) is 42.3 Å². The topological polar surface area (TPSA) is 52.0 Å². The second-order valence-electron chi connectivity index (χ2n) is 2.92. The second-order valence-corrected chi connectivity index (χ2v) is 4.83. The number of hydrogen-bond acceptors (Lipinski definition) is 3. The Kier molecular flexibility index (Phi) is 4.97. The Hall–Kier alpha value is -0.550. The summed E-state index contributed by atoms with van der Waals surface area (Å²) in [5.41, 5.74) is 8.11. The van der Waals surface area contributed by atoms with Crippen molar-refractivity contribution in [3.63, 3.8) is 0 Å². The molecule has 1 aromatic rings. The van der Waals surface area contributed by atoms with Gasteiger partial charge >= 0.3 is 0 Å². The maximum Gasteiger partial charge on any atom is 0.0385 e. The first-order chi connectivity index (χ1) is 6.72. The average molecular weight is 275 g/mol. The van der Waals surface area contributed by atoms with Crippen molar-refractivity contribution in [3.05, 3.63) is 31.2 Å². The van der Waals surface area contributed by atoms with Gasteiger partial charge in [-0.25, -0.2) is 0 Å². The Morgan fingerprint density at radius 2 is 2.50 bits per heavy atom. The van der Waals surface area contributed by atoms with Crippen LogP contribution in [-0.2, 0) is 6.54 Å². The summed E-state index contributed by atoms with van der Waals surface area (Å²) in [6.45, 7) is 2.22. The van der Waals surface area contributed by atoms with Crippen molar-refractivity contribution in [3.8, 4) is 0 Å². The molecule has 0 aliphatic carbocycles. The van der Waals surface area contributed by atoms with Crippen LogP contribution in [0.4, 0.5) is 0 Å². The number of azide groups is 1. The molecule has 1 aromatic heterocycles. The van der Waals surface area contributed by atoms with Crippen molar-refractivity contribution < 1.29 is 0 Å². The van der Waals surface area contributed by atoms with E-state index in [9.17, 15) is 0 Å². The van der Waals surface area contributed by atoms with Gasteiger partial charge in [0.05, 0.1) is 0 Å². The minimum Gasteiger partial charge on any atom is -0.301 e. The van der Waals surface area contributed by atoms with E-state index in [1.165, 1.54) is 4.88 Å². The highest BCUT2D eigenvalue weighted by atomic mass is 79.9. The molecule has 1 heterocycles. The van der Waals surface area contributed by atoms with E-state index >= 15 is 0 Å². The van der Waals surface area contributed by atoms with E-state index in [0.717, 1.165) is 17.6 Å². The normalized spacial score (nSPS) is 10.2. The van der Waals surface area contributed by atoms with Gasteiger partial charge in [0, 0.05) is 39.3 Å². The van der Waals surface area contributed by atoms with Crippen LogP contribution < -0.4 is 0 Å². The third-order valence-electron chi connectivity index (χ3n) is 1.69. The molecule has 0 aliphatic rings. The van der Waals surface area contributed by atoms with Crippen LogP contribution in [0.3, 0.4) is 0 Å². The Bertz CT molecular complexity index is 332. The zero-order chi connectivity index (χ0) is 10.4. The fourth-order valence-electron chi connectivity index (χ4n) is 1.04. The van der Waals surface area contributed by atoms with Crippen molar-refractivity contribution in [1.29, 1.82) is 0 Å². The molecule has 0 aromatic carbocycles. The molecule has 0 aliphatic heterocycles. The first kappa shape index (κ1) is 11.5. The molecule has 0 atom stereocenters. The maximum atomic E-state index is 8.11. The van der Waals surface area contributed by atoms with Crippen molar-refractivity contribution in [2.24, 2.45) is 5.11 Å². The molecular formula is C8H11BrN4S. The van der Waals surface area contributed by atoms with Crippen molar-refractivity contribution in [2.75, 3.05) is 20.1 Å². The van der Waals surface area contributed by atoms with Gasteiger partial charge in [0.1, 0.15) is 0 Å². The molecule has 0 radical (unpaired) electrons. The lowest BCUT2D eigenvalue weighted by Gasteiger charge is -2.13. The Balaban J connectivity index is 2.33. The lowest BCUT2D eigenvalue weighted by molar-refractivity contribution is 0.339. The molecule has 76 valence electrons. The highest BCUT2D eigenvalue weighted by Crippen LogP contribution is 2.20. The number of thiophene rings is 1. The highest BCUT2D eigenvalue weighted by Gasteiger charge is 2.01. The summed E-state index contributed by atoms with van der Waals surface area (Å²) in [6, 6.07) is 2.11. The second kappa shape index (κ2) is 6.03. The van der Waals surface area contributed by atoms with Crippen LogP contribution in [0.1, 0.15) is 4.88 Å². The summed E-state index contributed by atoms with van der Waals surface area (Å²) in [5.74, 6) is 0. The summed E-state index contributed by atoms with van der Waals surface area (Å²) >= 11 is 5.14. The highest BCUT2D eigenvalue weighted by molar-refractivity contribution is 9.10. The van der Waals surface area contributed by atoms with Gasteiger partial charge in [-0.15, -0.1) is 11.3 Å². The van der Waals surface area contributed by atoms with Gasteiger partial charge in [-0.3, -0.25) is 0 Å². The third-order valence-corrected chi connectivity index (χ3v) is 3.37. The molecule has 14 heavy (non-hydrogen) atoms. The molecule has 0 bridgehead atoms. The molecular weight excluding hydrogens is 264 g/mol. The fourth-order valence-corrected chi connectivity index (χ4v) is 2.57. The predicted octanol–water partition coefficient (Wildman–Crippen LogP) is 3.25. The minimum absolute atomic E-state index is 0.527. The van der Waals surface area contributed by atoms with E-state index in [1.54, 1.807) is 11.3 Å². The molecule has 0 spiro atoms. The first-order valence-corrected chi connectivity index (χ1v) is 5.82. The van der Waals surface area contributed by atoms with Crippen LogP contribution in [0.2, 0.25) is 0 Å². The zero-order valence-electron chi connectivity index (χ0n) is 7.85. The molecule has 4 nitrogen and oxygen atoms in total. The smallest absolute Gasteiger partial charge is 0.0385 e. The van der Waals surface area contributed by atoms with Crippen LogP contribution in [0, 0.1) is 0 Å². The molecule has 0 unspecified atom stereocenters. The minimum atomic E-state index is 0.527. The summed E-state index contributed by atoms with van der Waals surface area (Å²) in [5, 5.41) is 5.56. The van der Waals surface area contributed by atoms with Crippen LogP contribution in [0.25, 0.3) is 10.4 Å². The van der Waals surface area contributed by atoms with E-state index < -0.39 is 0 Å². The lowest BCUT2D eigenvalue weighted by atomic mass is 10.4. The quantitative estimate of drug-likeness (QED) is 0.462. The molecule has 0 fully saturated rings. The average Bonchev–Trinajstić information content (AvgIpc) is 2.52. The third kappa shape index (κ3) is 4.11.